The Balaban J connectivity index is 2.64. The fourth-order valence-electron chi connectivity index (χ4n) is 1.36. The van der Waals surface area contributed by atoms with E-state index in [0.29, 0.717) is 11.4 Å². The molecule has 0 saturated carbocycles. The molecule has 1 heterocycles. The Morgan fingerprint density at radius 2 is 2.39 bits per heavy atom. The summed E-state index contributed by atoms with van der Waals surface area (Å²) in [4.78, 5) is 15.7. The highest BCUT2D eigenvalue weighted by molar-refractivity contribution is 6.30. The molecule has 4 N–H and O–H groups in total. The van der Waals surface area contributed by atoms with E-state index in [2.05, 4.69) is 15.5 Å². The summed E-state index contributed by atoms with van der Waals surface area (Å²) in [5.74, 6) is -0.240. The molecule has 0 fully saturated rings. The van der Waals surface area contributed by atoms with Crippen LogP contribution in [-0.2, 0) is 0 Å². The minimum absolute atomic E-state index is 0.0752. The Kier molecular flexibility index (Phi) is 5.38. The molecule has 6 nitrogen and oxygen atoms in total. The number of amidine groups is 1. The standard InChI is InChI=1S/C11H15ClN4O2/c1-2-8(5-10(13)16-18)15-11(17)9-4-3-7(12)6-14-9/h3-4,6,8,18H,2,5H2,1H3,(H2,13,16)(H,15,17). The predicted molar refractivity (Wildman–Crippen MR) is 68.8 cm³/mol. The number of pyridine rings is 1. The molecule has 1 rings (SSSR count). The number of rotatable bonds is 5. The molecule has 7 heteroatoms. The van der Waals surface area contributed by atoms with Crippen molar-refractivity contribution >= 4 is 23.3 Å². The summed E-state index contributed by atoms with van der Waals surface area (Å²) < 4.78 is 0. The third kappa shape index (κ3) is 4.21. The van der Waals surface area contributed by atoms with Gasteiger partial charge in [-0.15, -0.1) is 0 Å². The molecule has 0 radical (unpaired) electrons. The molecule has 1 unspecified atom stereocenters. The molecule has 18 heavy (non-hydrogen) atoms. The molecule has 0 bridgehead atoms. The van der Waals surface area contributed by atoms with E-state index in [1.807, 2.05) is 6.92 Å². The molecule has 1 atom stereocenters. The number of amides is 1. The van der Waals surface area contributed by atoms with Gasteiger partial charge in [0.1, 0.15) is 11.5 Å². The highest BCUT2D eigenvalue weighted by Gasteiger charge is 2.14. The summed E-state index contributed by atoms with van der Waals surface area (Å²) in [6, 6.07) is 2.92. The molecule has 0 aliphatic heterocycles. The average molecular weight is 271 g/mol. The van der Waals surface area contributed by atoms with Crippen LogP contribution >= 0.6 is 11.6 Å². The van der Waals surface area contributed by atoms with E-state index in [4.69, 9.17) is 22.5 Å². The maximum Gasteiger partial charge on any atom is 0.270 e. The zero-order valence-corrected chi connectivity index (χ0v) is 10.7. The molecule has 0 aliphatic carbocycles. The number of nitrogens with two attached hydrogens (primary N) is 1. The summed E-state index contributed by atoms with van der Waals surface area (Å²) in [6.45, 7) is 1.89. The van der Waals surface area contributed by atoms with Gasteiger partial charge in [-0.3, -0.25) is 4.79 Å². The molecule has 1 aromatic rings. The van der Waals surface area contributed by atoms with E-state index >= 15 is 0 Å². The molecule has 0 aliphatic rings. The summed E-state index contributed by atoms with van der Waals surface area (Å²) in [5.41, 5.74) is 5.67. The number of halogens is 1. The van der Waals surface area contributed by atoms with Crippen LogP contribution in [0.15, 0.2) is 23.5 Å². The topological polar surface area (TPSA) is 101 Å². The Morgan fingerprint density at radius 3 is 2.89 bits per heavy atom. The largest absolute Gasteiger partial charge is 0.409 e. The minimum Gasteiger partial charge on any atom is -0.409 e. The number of carbonyl (C=O) groups is 1. The van der Waals surface area contributed by atoms with Crippen molar-refractivity contribution in [3.63, 3.8) is 0 Å². The van der Waals surface area contributed by atoms with Gasteiger partial charge in [0.15, 0.2) is 0 Å². The van der Waals surface area contributed by atoms with Gasteiger partial charge in [-0.25, -0.2) is 4.98 Å². The van der Waals surface area contributed by atoms with Crippen molar-refractivity contribution in [2.75, 3.05) is 0 Å². The number of nitrogens with zero attached hydrogens (tertiary/aromatic N) is 2. The molecule has 1 aromatic heterocycles. The fourth-order valence-corrected chi connectivity index (χ4v) is 1.47. The second-order valence-corrected chi connectivity index (χ2v) is 4.17. The van der Waals surface area contributed by atoms with Crippen LogP contribution in [0.2, 0.25) is 5.02 Å². The molecular formula is C11H15ClN4O2. The quantitative estimate of drug-likeness (QED) is 0.326. The minimum atomic E-state index is -0.316. The van der Waals surface area contributed by atoms with Crippen molar-refractivity contribution in [3.8, 4) is 0 Å². The summed E-state index contributed by atoms with van der Waals surface area (Å²) in [6.07, 6.45) is 2.35. The van der Waals surface area contributed by atoms with Gasteiger partial charge in [-0.05, 0) is 18.6 Å². The van der Waals surface area contributed by atoms with Crippen molar-refractivity contribution < 1.29 is 10.0 Å². The summed E-state index contributed by atoms with van der Waals surface area (Å²) in [7, 11) is 0. The van der Waals surface area contributed by atoms with Crippen molar-refractivity contribution in [1.82, 2.24) is 10.3 Å². The van der Waals surface area contributed by atoms with Gasteiger partial charge in [0.05, 0.1) is 5.02 Å². The molecule has 98 valence electrons. The second-order valence-electron chi connectivity index (χ2n) is 3.74. The van der Waals surface area contributed by atoms with Gasteiger partial charge >= 0.3 is 0 Å². The van der Waals surface area contributed by atoms with Gasteiger partial charge in [0, 0.05) is 18.7 Å². The lowest BCUT2D eigenvalue weighted by molar-refractivity contribution is 0.0932. The van der Waals surface area contributed by atoms with Crippen molar-refractivity contribution in [3.05, 3.63) is 29.0 Å². The zero-order valence-electron chi connectivity index (χ0n) is 9.93. The molecule has 0 spiro atoms. The number of nitrogens with one attached hydrogen (secondary N) is 1. The van der Waals surface area contributed by atoms with E-state index in [0.717, 1.165) is 0 Å². The predicted octanol–water partition coefficient (Wildman–Crippen LogP) is 1.38. The first-order valence-electron chi connectivity index (χ1n) is 5.45. The smallest absolute Gasteiger partial charge is 0.270 e. The van der Waals surface area contributed by atoms with Crippen LogP contribution in [-0.4, -0.2) is 28.0 Å². The van der Waals surface area contributed by atoms with Crippen LogP contribution in [0.5, 0.6) is 0 Å². The summed E-state index contributed by atoms with van der Waals surface area (Å²) in [5, 5.41) is 14.6. The lowest BCUT2D eigenvalue weighted by Crippen LogP contribution is -2.37. The monoisotopic (exact) mass is 270 g/mol. The first-order valence-corrected chi connectivity index (χ1v) is 5.83. The van der Waals surface area contributed by atoms with E-state index in [1.54, 1.807) is 6.07 Å². The van der Waals surface area contributed by atoms with E-state index in [1.165, 1.54) is 12.3 Å². The Hall–Kier alpha value is -1.82. The van der Waals surface area contributed by atoms with E-state index in [-0.39, 0.29) is 29.9 Å². The van der Waals surface area contributed by atoms with Gasteiger partial charge in [-0.1, -0.05) is 23.7 Å². The summed E-state index contributed by atoms with van der Waals surface area (Å²) >= 11 is 5.68. The van der Waals surface area contributed by atoms with Gasteiger partial charge in [-0.2, -0.15) is 0 Å². The zero-order chi connectivity index (χ0) is 13.5. The van der Waals surface area contributed by atoms with Crippen LogP contribution in [0.25, 0.3) is 0 Å². The number of carbonyl (C=O) groups excluding carboxylic acids is 1. The number of hydrogen-bond donors (Lipinski definition) is 3. The SMILES string of the molecule is CCC(CC(N)=NO)NC(=O)c1ccc(Cl)cn1. The van der Waals surface area contributed by atoms with Gasteiger partial charge < -0.3 is 16.3 Å². The number of aromatic nitrogens is 1. The number of hydrogen-bond acceptors (Lipinski definition) is 4. The Labute approximate surface area is 110 Å². The van der Waals surface area contributed by atoms with Crippen LogP contribution in [0.3, 0.4) is 0 Å². The van der Waals surface area contributed by atoms with Crippen LogP contribution in [0.4, 0.5) is 0 Å². The average Bonchev–Trinajstić information content (AvgIpc) is 2.38. The van der Waals surface area contributed by atoms with Crippen molar-refractivity contribution in [2.24, 2.45) is 10.9 Å². The highest BCUT2D eigenvalue weighted by Crippen LogP contribution is 2.07. The number of oxime groups is 1. The van der Waals surface area contributed by atoms with Gasteiger partial charge in [0.2, 0.25) is 0 Å². The van der Waals surface area contributed by atoms with Crippen LogP contribution in [0, 0.1) is 0 Å². The first kappa shape index (κ1) is 14.2. The van der Waals surface area contributed by atoms with E-state index in [9.17, 15) is 4.79 Å². The third-order valence-electron chi connectivity index (χ3n) is 2.37. The lowest BCUT2D eigenvalue weighted by atomic mass is 10.1. The fraction of sp³-hybridized carbons (Fsp3) is 0.364. The highest BCUT2D eigenvalue weighted by atomic mass is 35.5. The van der Waals surface area contributed by atoms with E-state index < -0.39 is 0 Å². The molecule has 0 saturated heterocycles. The van der Waals surface area contributed by atoms with Crippen LogP contribution in [0.1, 0.15) is 30.3 Å². The normalized spacial score (nSPS) is 13.1. The molecule has 1 amide bonds. The van der Waals surface area contributed by atoms with Crippen LogP contribution < -0.4 is 11.1 Å². The second kappa shape index (κ2) is 6.80. The Bertz CT molecular complexity index is 433. The molecule has 0 aromatic carbocycles. The molecular weight excluding hydrogens is 256 g/mol. The van der Waals surface area contributed by atoms with Crippen molar-refractivity contribution in [2.45, 2.75) is 25.8 Å². The van der Waals surface area contributed by atoms with Crippen molar-refractivity contribution in [1.29, 1.82) is 0 Å². The maximum atomic E-state index is 11.8. The first-order chi connectivity index (χ1) is 8.56. The maximum absolute atomic E-state index is 11.8. The van der Waals surface area contributed by atoms with Gasteiger partial charge in [0.25, 0.3) is 5.91 Å². The third-order valence-corrected chi connectivity index (χ3v) is 2.60. The lowest BCUT2D eigenvalue weighted by Gasteiger charge is -2.15. The Morgan fingerprint density at radius 1 is 1.67 bits per heavy atom.